The summed E-state index contributed by atoms with van der Waals surface area (Å²) in [5, 5.41) is 9.46. The number of carbonyl (C=O) groups excluding carboxylic acids is 1. The van der Waals surface area contributed by atoms with Crippen molar-refractivity contribution < 1.29 is 19.0 Å². The van der Waals surface area contributed by atoms with E-state index in [1.165, 1.54) is 12.2 Å². The lowest BCUT2D eigenvalue weighted by molar-refractivity contribution is -0.286. The Hall–Kier alpha value is -1.22. The molecule has 18 heavy (non-hydrogen) atoms. The lowest BCUT2D eigenvalue weighted by Gasteiger charge is -2.44. The van der Waals surface area contributed by atoms with Crippen molar-refractivity contribution in [1.82, 2.24) is 0 Å². The number of allylic oxidation sites excluding steroid dienone is 1. The van der Waals surface area contributed by atoms with Crippen molar-refractivity contribution in [1.29, 1.82) is 5.26 Å². The third-order valence-corrected chi connectivity index (χ3v) is 2.76. The van der Waals surface area contributed by atoms with Gasteiger partial charge in [-0.05, 0) is 32.9 Å². The number of hydrogen-bond acceptors (Lipinski definition) is 5. The highest BCUT2D eigenvalue weighted by Gasteiger charge is 2.57. The Morgan fingerprint density at radius 1 is 1.22 bits per heavy atom. The van der Waals surface area contributed by atoms with Crippen molar-refractivity contribution in [2.45, 2.75) is 38.6 Å². The Bertz CT molecular complexity index is 366. The second-order valence-corrected chi connectivity index (χ2v) is 3.88. The fourth-order valence-electron chi connectivity index (χ4n) is 2.11. The Labute approximate surface area is 107 Å². The zero-order chi connectivity index (χ0) is 13.6. The van der Waals surface area contributed by atoms with Gasteiger partial charge < -0.3 is 14.2 Å². The van der Waals surface area contributed by atoms with E-state index in [0.717, 1.165) is 0 Å². The van der Waals surface area contributed by atoms with E-state index >= 15 is 0 Å². The molecule has 5 nitrogen and oxygen atoms in total. The number of nitrogens with zero attached hydrogens (tertiary/aromatic N) is 1. The largest absolute Gasteiger partial charge is 0.355 e. The summed E-state index contributed by atoms with van der Waals surface area (Å²) in [7, 11) is 0. The van der Waals surface area contributed by atoms with Crippen LogP contribution in [0.2, 0.25) is 0 Å². The van der Waals surface area contributed by atoms with Crippen molar-refractivity contribution in [3.05, 3.63) is 12.2 Å². The van der Waals surface area contributed by atoms with Crippen LogP contribution in [-0.4, -0.2) is 37.0 Å². The summed E-state index contributed by atoms with van der Waals surface area (Å²) in [6.07, 6.45) is 2.82. The molecule has 0 saturated carbocycles. The Balaban J connectivity index is 3.26. The van der Waals surface area contributed by atoms with E-state index in [4.69, 9.17) is 14.2 Å². The summed E-state index contributed by atoms with van der Waals surface area (Å²) < 4.78 is 16.7. The van der Waals surface area contributed by atoms with Crippen LogP contribution in [0.3, 0.4) is 0 Å². The van der Waals surface area contributed by atoms with Crippen molar-refractivity contribution in [2.75, 3.05) is 19.8 Å². The number of carbonyl (C=O) groups is 1. The maximum Gasteiger partial charge on any atom is 0.232 e. The highest BCUT2D eigenvalue weighted by Crippen LogP contribution is 2.38. The van der Waals surface area contributed by atoms with Gasteiger partial charge in [0.2, 0.25) is 11.4 Å². The molecule has 0 heterocycles. The molecule has 1 aliphatic rings. The molecule has 0 amide bonds. The molecule has 1 rings (SSSR count). The second-order valence-electron chi connectivity index (χ2n) is 3.88. The van der Waals surface area contributed by atoms with Crippen molar-refractivity contribution in [3.8, 4) is 6.07 Å². The molecule has 0 aromatic rings. The van der Waals surface area contributed by atoms with Crippen LogP contribution in [-0.2, 0) is 19.0 Å². The number of ether oxygens (including phenoxy) is 3. The van der Waals surface area contributed by atoms with Gasteiger partial charge in [-0.1, -0.05) is 0 Å². The van der Waals surface area contributed by atoms with Crippen molar-refractivity contribution >= 4 is 5.78 Å². The average molecular weight is 253 g/mol. The molecule has 0 aliphatic heterocycles. The van der Waals surface area contributed by atoms with E-state index in [-0.39, 0.29) is 12.2 Å². The van der Waals surface area contributed by atoms with Crippen LogP contribution >= 0.6 is 0 Å². The first-order valence-electron chi connectivity index (χ1n) is 6.15. The summed E-state index contributed by atoms with van der Waals surface area (Å²) in [5.41, 5.74) is -1.42. The van der Waals surface area contributed by atoms with E-state index in [1.807, 2.05) is 0 Å². The van der Waals surface area contributed by atoms with E-state index < -0.39 is 11.4 Å². The first-order valence-corrected chi connectivity index (χ1v) is 6.15. The van der Waals surface area contributed by atoms with E-state index in [1.54, 1.807) is 20.8 Å². The van der Waals surface area contributed by atoms with Crippen LogP contribution in [0.1, 0.15) is 27.2 Å². The zero-order valence-electron chi connectivity index (χ0n) is 11.1. The molecule has 5 heteroatoms. The highest BCUT2D eigenvalue weighted by atomic mass is 16.7. The SMILES string of the molecule is CCOC1(C#N)CC(=O)C=CC1(OCC)OCC. The van der Waals surface area contributed by atoms with Crippen molar-refractivity contribution in [3.63, 3.8) is 0 Å². The van der Waals surface area contributed by atoms with Gasteiger partial charge in [-0.25, -0.2) is 0 Å². The smallest absolute Gasteiger partial charge is 0.232 e. The summed E-state index contributed by atoms with van der Waals surface area (Å²) in [6.45, 7) is 6.39. The first-order chi connectivity index (χ1) is 8.59. The topological polar surface area (TPSA) is 68.5 Å². The molecule has 1 atom stereocenters. The third-order valence-electron chi connectivity index (χ3n) is 2.76. The zero-order valence-corrected chi connectivity index (χ0v) is 11.1. The van der Waals surface area contributed by atoms with Crippen molar-refractivity contribution in [2.24, 2.45) is 0 Å². The minimum Gasteiger partial charge on any atom is -0.355 e. The van der Waals surface area contributed by atoms with Crippen LogP contribution in [0.15, 0.2) is 12.2 Å². The minimum absolute atomic E-state index is 0.0617. The molecule has 100 valence electrons. The van der Waals surface area contributed by atoms with Gasteiger partial charge >= 0.3 is 0 Å². The minimum atomic E-state index is -1.42. The van der Waals surface area contributed by atoms with E-state index in [2.05, 4.69) is 6.07 Å². The van der Waals surface area contributed by atoms with Crippen LogP contribution in [0.4, 0.5) is 0 Å². The van der Waals surface area contributed by atoms with Gasteiger partial charge in [-0.2, -0.15) is 5.26 Å². The molecule has 0 bridgehead atoms. The fourth-order valence-corrected chi connectivity index (χ4v) is 2.11. The molecule has 0 fully saturated rings. The number of ketones is 1. The summed E-state index contributed by atoms with van der Waals surface area (Å²) in [4.78, 5) is 11.6. The maximum atomic E-state index is 11.6. The van der Waals surface area contributed by atoms with Gasteiger partial charge in [0.05, 0.1) is 6.42 Å². The van der Waals surface area contributed by atoms with Gasteiger partial charge in [0.15, 0.2) is 5.78 Å². The molecular formula is C13H19NO4. The Kier molecular flexibility index (Phi) is 5.03. The molecule has 0 N–H and O–H groups in total. The van der Waals surface area contributed by atoms with E-state index in [0.29, 0.717) is 19.8 Å². The van der Waals surface area contributed by atoms with Gasteiger partial charge in [-0.3, -0.25) is 4.79 Å². The third kappa shape index (κ3) is 2.46. The van der Waals surface area contributed by atoms with Gasteiger partial charge in [0.25, 0.3) is 0 Å². The van der Waals surface area contributed by atoms with Gasteiger partial charge in [-0.15, -0.1) is 0 Å². The molecule has 1 unspecified atom stereocenters. The second kappa shape index (κ2) is 6.10. The van der Waals surface area contributed by atoms with Crippen LogP contribution in [0.25, 0.3) is 0 Å². The Morgan fingerprint density at radius 2 is 1.78 bits per heavy atom. The molecule has 0 aromatic carbocycles. The van der Waals surface area contributed by atoms with Crippen LogP contribution in [0, 0.1) is 11.3 Å². The highest BCUT2D eigenvalue weighted by molar-refractivity contribution is 5.92. The number of hydrogen-bond donors (Lipinski definition) is 0. The number of nitriles is 1. The van der Waals surface area contributed by atoms with Crippen LogP contribution in [0.5, 0.6) is 0 Å². The van der Waals surface area contributed by atoms with Gasteiger partial charge in [0, 0.05) is 19.8 Å². The predicted molar refractivity (Wildman–Crippen MR) is 64.7 cm³/mol. The normalized spacial score (nSPS) is 26.0. The lowest BCUT2D eigenvalue weighted by atomic mass is 9.83. The molecule has 0 radical (unpaired) electrons. The summed E-state index contributed by atoms with van der Waals surface area (Å²) >= 11 is 0. The molecule has 0 spiro atoms. The molecule has 0 saturated heterocycles. The van der Waals surface area contributed by atoms with Crippen LogP contribution < -0.4 is 0 Å². The number of rotatable bonds is 6. The Morgan fingerprint density at radius 3 is 2.22 bits per heavy atom. The monoisotopic (exact) mass is 253 g/mol. The standard InChI is InChI=1S/C13H19NO4/c1-4-16-12(10-14)9-11(15)7-8-13(12,17-5-2)18-6-3/h7-8H,4-6,9H2,1-3H3. The molecular weight excluding hydrogens is 234 g/mol. The maximum absolute atomic E-state index is 11.6. The lowest BCUT2D eigenvalue weighted by Crippen LogP contribution is -2.60. The summed E-state index contributed by atoms with van der Waals surface area (Å²) in [6, 6.07) is 2.06. The average Bonchev–Trinajstić information content (AvgIpc) is 2.35. The first kappa shape index (κ1) is 14.8. The quantitative estimate of drug-likeness (QED) is 0.672. The fraction of sp³-hybridized carbons (Fsp3) is 0.692. The summed E-state index contributed by atoms with van der Waals surface area (Å²) in [5.74, 6) is -1.48. The predicted octanol–water partition coefficient (Wildman–Crippen LogP) is 1.58. The molecule has 0 aromatic heterocycles. The van der Waals surface area contributed by atoms with E-state index in [9.17, 15) is 10.1 Å². The van der Waals surface area contributed by atoms with Gasteiger partial charge in [0.1, 0.15) is 6.07 Å². The molecule has 1 aliphatic carbocycles.